The van der Waals surface area contributed by atoms with E-state index in [1.54, 1.807) is 12.1 Å². The summed E-state index contributed by atoms with van der Waals surface area (Å²) < 4.78 is 57.6. The highest BCUT2D eigenvalue weighted by Crippen LogP contribution is 2.24. The molecule has 0 saturated heterocycles. The molecule has 0 spiro atoms. The number of hydrogen-bond acceptors (Lipinski definition) is 4. The summed E-state index contributed by atoms with van der Waals surface area (Å²) >= 11 is 0. The zero-order valence-corrected chi connectivity index (χ0v) is 10.8. The highest BCUT2D eigenvalue weighted by Gasteiger charge is 2.10. The molecule has 0 atom stereocenters. The Kier molecular flexibility index (Phi) is 2.00. The van der Waals surface area contributed by atoms with Crippen molar-refractivity contribution in [3.63, 3.8) is 0 Å². The van der Waals surface area contributed by atoms with Crippen molar-refractivity contribution in [3.8, 4) is 22.6 Å². The van der Waals surface area contributed by atoms with Gasteiger partial charge in [-0.3, -0.25) is 4.79 Å². The van der Waals surface area contributed by atoms with E-state index in [-0.39, 0.29) is 33.5 Å². The number of fused-ring (bicyclic) bond motifs is 1. The van der Waals surface area contributed by atoms with E-state index in [0.717, 1.165) is 0 Å². The third-order valence-corrected chi connectivity index (χ3v) is 3.15. The molecule has 1 heterocycles. The summed E-state index contributed by atoms with van der Waals surface area (Å²) in [6.45, 7) is 0. The second-order valence-corrected chi connectivity index (χ2v) is 4.36. The van der Waals surface area contributed by atoms with Gasteiger partial charge in [-0.2, -0.15) is 0 Å². The standard InChI is InChI=1S/C17H14O4/c1-19-12-5-3-11(4-6-12)15-10-21-16-9-13(20-2)7-8-14(16)17(15)18/h3-10H,1-2H3/i1D3,2D3. The van der Waals surface area contributed by atoms with E-state index in [2.05, 4.69) is 0 Å². The van der Waals surface area contributed by atoms with Gasteiger partial charge >= 0.3 is 0 Å². The van der Waals surface area contributed by atoms with Gasteiger partial charge in [0.2, 0.25) is 0 Å². The molecular weight excluding hydrogens is 268 g/mol. The van der Waals surface area contributed by atoms with Gasteiger partial charge in [0.1, 0.15) is 23.3 Å². The van der Waals surface area contributed by atoms with Crippen LogP contribution in [0.1, 0.15) is 8.22 Å². The minimum absolute atomic E-state index is 0.0598. The van der Waals surface area contributed by atoms with Gasteiger partial charge in [0, 0.05) is 6.07 Å². The first-order valence-electron chi connectivity index (χ1n) is 9.06. The normalized spacial score (nSPS) is 16.0. The number of rotatable bonds is 3. The Morgan fingerprint density at radius 3 is 2.48 bits per heavy atom. The minimum atomic E-state index is -2.60. The number of ether oxygens (including phenoxy) is 2. The van der Waals surface area contributed by atoms with Crippen LogP contribution in [-0.4, -0.2) is 14.1 Å². The van der Waals surface area contributed by atoms with Crippen molar-refractivity contribution in [2.24, 2.45) is 0 Å². The molecule has 106 valence electrons. The Labute approximate surface area is 130 Å². The van der Waals surface area contributed by atoms with Crippen LogP contribution in [0.2, 0.25) is 0 Å². The Morgan fingerprint density at radius 2 is 1.71 bits per heavy atom. The lowest BCUT2D eigenvalue weighted by atomic mass is 10.1. The van der Waals surface area contributed by atoms with Gasteiger partial charge in [-0.25, -0.2) is 0 Å². The van der Waals surface area contributed by atoms with Gasteiger partial charge in [-0.05, 0) is 29.8 Å². The van der Waals surface area contributed by atoms with Gasteiger partial charge in [0.05, 0.1) is 33.3 Å². The fraction of sp³-hybridized carbons (Fsp3) is 0.118. The summed E-state index contributed by atoms with van der Waals surface area (Å²) in [6, 6.07) is 10.1. The fourth-order valence-electron chi connectivity index (χ4n) is 2.07. The number of hydrogen-bond donors (Lipinski definition) is 0. The van der Waals surface area contributed by atoms with E-state index >= 15 is 0 Å². The molecule has 1 aromatic heterocycles. The maximum Gasteiger partial charge on any atom is 0.200 e. The smallest absolute Gasteiger partial charge is 0.200 e. The second kappa shape index (κ2) is 5.32. The largest absolute Gasteiger partial charge is 0.497 e. The van der Waals surface area contributed by atoms with Crippen molar-refractivity contribution < 1.29 is 22.1 Å². The van der Waals surface area contributed by atoms with Crippen LogP contribution in [0.25, 0.3) is 22.1 Å². The van der Waals surface area contributed by atoms with Gasteiger partial charge < -0.3 is 13.9 Å². The van der Waals surface area contributed by atoms with Crippen molar-refractivity contribution >= 4 is 11.0 Å². The lowest BCUT2D eigenvalue weighted by Gasteiger charge is -2.05. The van der Waals surface area contributed by atoms with Crippen molar-refractivity contribution in [2.45, 2.75) is 0 Å². The molecule has 3 rings (SSSR count). The van der Waals surface area contributed by atoms with E-state index < -0.39 is 14.1 Å². The Morgan fingerprint density at radius 1 is 1.00 bits per heavy atom. The van der Waals surface area contributed by atoms with E-state index in [9.17, 15) is 4.79 Å². The molecule has 0 fully saturated rings. The summed E-state index contributed by atoms with van der Waals surface area (Å²) in [5.41, 5.74) is 0.660. The van der Waals surface area contributed by atoms with E-state index in [0.29, 0.717) is 5.56 Å². The number of methoxy groups -OCH3 is 2. The third-order valence-electron chi connectivity index (χ3n) is 3.15. The van der Waals surface area contributed by atoms with Gasteiger partial charge in [0.25, 0.3) is 0 Å². The lowest BCUT2D eigenvalue weighted by Crippen LogP contribution is -2.04. The third kappa shape index (κ3) is 2.36. The van der Waals surface area contributed by atoms with Gasteiger partial charge in [-0.1, -0.05) is 12.1 Å². The predicted molar refractivity (Wildman–Crippen MR) is 81.0 cm³/mol. The molecule has 0 N–H and O–H groups in total. The predicted octanol–water partition coefficient (Wildman–Crippen LogP) is 3.48. The Balaban J connectivity index is 1.95. The van der Waals surface area contributed by atoms with Crippen molar-refractivity contribution in [1.29, 1.82) is 0 Å². The van der Waals surface area contributed by atoms with E-state index in [4.69, 9.17) is 22.1 Å². The monoisotopic (exact) mass is 288 g/mol. The van der Waals surface area contributed by atoms with Crippen LogP contribution in [0.5, 0.6) is 11.5 Å². The summed E-state index contributed by atoms with van der Waals surface area (Å²) in [5, 5.41) is 0.258. The first kappa shape index (κ1) is 7.88. The molecule has 21 heavy (non-hydrogen) atoms. The van der Waals surface area contributed by atoms with Crippen LogP contribution in [0.4, 0.5) is 0 Å². The molecule has 2 aromatic carbocycles. The molecule has 4 heteroatoms. The zero-order valence-electron chi connectivity index (χ0n) is 16.8. The van der Waals surface area contributed by atoms with Crippen LogP contribution in [0, 0.1) is 0 Å². The van der Waals surface area contributed by atoms with Crippen LogP contribution >= 0.6 is 0 Å². The molecule has 0 unspecified atom stereocenters. The Bertz CT molecular complexity index is 1020. The SMILES string of the molecule is [2H]C([2H])([2H])Oc1ccc(-c2coc3cc(OC([2H])([2H])[2H])ccc3c2=O)cc1. The molecule has 0 bridgehead atoms. The topological polar surface area (TPSA) is 48.7 Å². The first-order valence-corrected chi connectivity index (χ1v) is 6.06. The van der Waals surface area contributed by atoms with Crippen LogP contribution in [0.15, 0.2) is 57.9 Å². The molecule has 0 amide bonds. The van der Waals surface area contributed by atoms with Crippen molar-refractivity contribution in [3.05, 3.63) is 59.0 Å². The number of benzene rings is 2. The summed E-state index contributed by atoms with van der Waals surface area (Å²) in [7, 11) is -5.16. The van der Waals surface area contributed by atoms with Crippen molar-refractivity contribution in [2.75, 3.05) is 14.1 Å². The van der Waals surface area contributed by atoms with E-state index in [1.807, 2.05) is 0 Å². The fourth-order valence-corrected chi connectivity index (χ4v) is 2.07. The zero-order chi connectivity index (χ0) is 19.8. The summed E-state index contributed by atoms with van der Waals surface area (Å²) in [6.07, 6.45) is 1.25. The lowest BCUT2D eigenvalue weighted by molar-refractivity contribution is 0.414. The maximum atomic E-state index is 12.7. The first-order chi connectivity index (χ1) is 12.5. The molecule has 3 aromatic rings. The molecule has 0 aliphatic heterocycles. The molecule has 0 aliphatic rings. The highest BCUT2D eigenvalue weighted by atomic mass is 16.5. The van der Waals surface area contributed by atoms with Gasteiger partial charge in [-0.15, -0.1) is 0 Å². The molecule has 0 radical (unpaired) electrons. The van der Waals surface area contributed by atoms with E-state index in [1.165, 1.54) is 36.6 Å². The molecule has 4 nitrogen and oxygen atoms in total. The summed E-state index contributed by atoms with van der Waals surface area (Å²) in [5.74, 6) is 0.208. The van der Waals surface area contributed by atoms with Crippen LogP contribution in [0.3, 0.4) is 0 Å². The average molecular weight is 288 g/mol. The van der Waals surface area contributed by atoms with Crippen molar-refractivity contribution in [1.82, 2.24) is 0 Å². The quantitative estimate of drug-likeness (QED) is 0.740. The molecule has 0 saturated carbocycles. The minimum Gasteiger partial charge on any atom is -0.497 e. The second-order valence-electron chi connectivity index (χ2n) is 4.36. The highest BCUT2D eigenvalue weighted by molar-refractivity contribution is 5.82. The van der Waals surface area contributed by atoms with Crippen LogP contribution < -0.4 is 14.9 Å². The summed E-state index contributed by atoms with van der Waals surface area (Å²) in [4.78, 5) is 12.7. The maximum absolute atomic E-state index is 12.7. The molecule has 0 aliphatic carbocycles. The average Bonchev–Trinajstić information content (AvgIpc) is 2.53. The van der Waals surface area contributed by atoms with Crippen LogP contribution in [-0.2, 0) is 0 Å². The molecular formula is C17H14O4. The Hall–Kier alpha value is -2.75. The van der Waals surface area contributed by atoms with Gasteiger partial charge in [0.15, 0.2) is 5.43 Å².